The van der Waals surface area contributed by atoms with E-state index in [2.05, 4.69) is 51.3 Å². The van der Waals surface area contributed by atoms with Crippen LogP contribution in [-0.4, -0.2) is 47.7 Å². The Morgan fingerprint density at radius 1 is 0.967 bits per heavy atom. The molecule has 5 rings (SSSR count). The Morgan fingerprint density at radius 3 is 2.73 bits per heavy atom. The van der Waals surface area contributed by atoms with Crippen LogP contribution in [0, 0.1) is 0 Å². The Labute approximate surface area is 176 Å². The van der Waals surface area contributed by atoms with Gasteiger partial charge in [0, 0.05) is 54.4 Å². The minimum Gasteiger partial charge on any atom is -0.464 e. The molecule has 4 aromatic rings. The number of aryl methyl sites for hydroxylation is 1. The van der Waals surface area contributed by atoms with Crippen molar-refractivity contribution in [1.29, 1.82) is 0 Å². The van der Waals surface area contributed by atoms with E-state index in [0.717, 1.165) is 49.3 Å². The van der Waals surface area contributed by atoms with Crippen molar-refractivity contribution in [3.63, 3.8) is 0 Å². The number of benzene rings is 2. The maximum atomic E-state index is 9.39. The first-order chi connectivity index (χ1) is 14.8. The van der Waals surface area contributed by atoms with Crippen molar-refractivity contribution in [1.82, 2.24) is 9.88 Å². The highest BCUT2D eigenvalue weighted by Crippen LogP contribution is 2.24. The van der Waals surface area contributed by atoms with E-state index in [9.17, 15) is 5.11 Å². The molecule has 2 aromatic heterocycles. The monoisotopic (exact) mass is 403 g/mol. The van der Waals surface area contributed by atoms with Crippen LogP contribution in [0.2, 0.25) is 0 Å². The summed E-state index contributed by atoms with van der Waals surface area (Å²) in [4.78, 5) is 8.43. The molecule has 0 amide bonds. The van der Waals surface area contributed by atoms with Crippen LogP contribution < -0.4 is 4.90 Å². The number of furan rings is 1. The highest BCUT2D eigenvalue weighted by molar-refractivity contribution is 5.84. The third-order valence-corrected chi connectivity index (χ3v) is 6.36. The number of anilines is 1. The fourth-order valence-corrected chi connectivity index (χ4v) is 4.56. The Balaban J connectivity index is 1.09. The molecule has 30 heavy (non-hydrogen) atoms. The highest BCUT2D eigenvalue weighted by atomic mass is 16.3. The summed E-state index contributed by atoms with van der Waals surface area (Å²) >= 11 is 0. The average Bonchev–Trinajstić information content (AvgIpc) is 3.43. The molecule has 5 heteroatoms. The van der Waals surface area contributed by atoms with Gasteiger partial charge in [0.1, 0.15) is 5.58 Å². The van der Waals surface area contributed by atoms with Gasteiger partial charge in [-0.15, -0.1) is 0 Å². The van der Waals surface area contributed by atoms with E-state index < -0.39 is 0 Å². The lowest BCUT2D eigenvalue weighted by Crippen LogP contribution is -2.46. The summed E-state index contributed by atoms with van der Waals surface area (Å²) in [6, 6.07) is 14.7. The van der Waals surface area contributed by atoms with Crippen LogP contribution >= 0.6 is 0 Å². The Kier molecular flexibility index (Phi) is 5.47. The van der Waals surface area contributed by atoms with Gasteiger partial charge in [-0.05, 0) is 73.3 Å². The fourth-order valence-electron chi connectivity index (χ4n) is 4.56. The number of aliphatic hydroxyl groups is 1. The maximum absolute atomic E-state index is 9.39. The summed E-state index contributed by atoms with van der Waals surface area (Å²) in [5.41, 5.74) is 5.75. The maximum Gasteiger partial charge on any atom is 0.133 e. The van der Waals surface area contributed by atoms with Crippen molar-refractivity contribution in [2.75, 3.05) is 37.6 Å². The molecule has 0 atom stereocenters. The van der Waals surface area contributed by atoms with Crippen LogP contribution in [0.1, 0.15) is 24.0 Å². The van der Waals surface area contributed by atoms with Crippen molar-refractivity contribution in [2.45, 2.75) is 25.9 Å². The predicted octanol–water partition coefficient (Wildman–Crippen LogP) is 4.55. The molecule has 0 bridgehead atoms. The number of fused-ring (bicyclic) bond motifs is 2. The second kappa shape index (κ2) is 8.54. The van der Waals surface area contributed by atoms with Crippen molar-refractivity contribution >= 4 is 27.6 Å². The van der Waals surface area contributed by atoms with Crippen LogP contribution in [0.3, 0.4) is 0 Å². The van der Waals surface area contributed by atoms with Gasteiger partial charge < -0.3 is 19.4 Å². The zero-order valence-electron chi connectivity index (χ0n) is 17.3. The lowest BCUT2D eigenvalue weighted by atomic mass is 10.0. The SMILES string of the molecule is OCc1ccc2[nH]cc(CCCCN3CCN(c4ccc5occc5c4)CC3)c2c1. The molecule has 1 aliphatic rings. The molecule has 2 aromatic carbocycles. The van der Waals surface area contributed by atoms with E-state index in [1.165, 1.54) is 41.4 Å². The zero-order chi connectivity index (χ0) is 20.3. The number of nitrogens with zero attached hydrogens (tertiary/aromatic N) is 2. The van der Waals surface area contributed by atoms with Gasteiger partial charge in [-0.25, -0.2) is 0 Å². The number of hydrogen-bond acceptors (Lipinski definition) is 4. The lowest BCUT2D eigenvalue weighted by molar-refractivity contribution is 0.253. The van der Waals surface area contributed by atoms with E-state index in [1.54, 1.807) is 6.26 Å². The normalized spacial score (nSPS) is 15.4. The largest absolute Gasteiger partial charge is 0.464 e. The van der Waals surface area contributed by atoms with E-state index in [4.69, 9.17) is 4.42 Å². The molecule has 1 saturated heterocycles. The van der Waals surface area contributed by atoms with Gasteiger partial charge in [-0.2, -0.15) is 0 Å². The third kappa shape index (κ3) is 3.95. The van der Waals surface area contributed by atoms with Crippen molar-refractivity contribution in [2.24, 2.45) is 0 Å². The van der Waals surface area contributed by atoms with Crippen molar-refractivity contribution in [3.8, 4) is 0 Å². The predicted molar refractivity (Wildman–Crippen MR) is 122 cm³/mol. The first-order valence-corrected chi connectivity index (χ1v) is 10.9. The van der Waals surface area contributed by atoms with E-state index in [-0.39, 0.29) is 6.61 Å². The summed E-state index contributed by atoms with van der Waals surface area (Å²) in [5, 5.41) is 11.8. The summed E-state index contributed by atoms with van der Waals surface area (Å²) in [7, 11) is 0. The van der Waals surface area contributed by atoms with Gasteiger partial charge in [0.15, 0.2) is 0 Å². The number of aromatic nitrogens is 1. The second-order valence-electron chi connectivity index (χ2n) is 8.28. The third-order valence-electron chi connectivity index (χ3n) is 6.36. The molecule has 0 aliphatic carbocycles. The first-order valence-electron chi connectivity index (χ1n) is 10.9. The molecule has 3 heterocycles. The second-order valence-corrected chi connectivity index (χ2v) is 8.28. The van der Waals surface area contributed by atoms with Crippen LogP contribution in [0.4, 0.5) is 5.69 Å². The number of aromatic amines is 1. The number of rotatable bonds is 7. The molecular formula is C25H29N3O2. The molecule has 1 fully saturated rings. The average molecular weight is 404 g/mol. The number of aliphatic hydroxyl groups excluding tert-OH is 1. The summed E-state index contributed by atoms with van der Waals surface area (Å²) in [6.07, 6.45) is 7.37. The van der Waals surface area contributed by atoms with Crippen molar-refractivity contribution in [3.05, 3.63) is 66.1 Å². The molecular weight excluding hydrogens is 374 g/mol. The Bertz CT molecular complexity index is 1120. The molecule has 0 saturated carbocycles. The molecule has 1 aliphatic heterocycles. The first kappa shape index (κ1) is 19.2. The molecule has 156 valence electrons. The summed E-state index contributed by atoms with van der Waals surface area (Å²) in [6.45, 7) is 5.67. The van der Waals surface area contributed by atoms with Gasteiger partial charge in [0.05, 0.1) is 12.9 Å². The number of unbranched alkanes of at least 4 members (excludes halogenated alkanes) is 1. The summed E-state index contributed by atoms with van der Waals surface area (Å²) < 4.78 is 5.45. The number of H-pyrrole nitrogens is 1. The van der Waals surface area contributed by atoms with Crippen LogP contribution in [-0.2, 0) is 13.0 Å². The standard InChI is InChI=1S/C25H29N3O2/c29-18-19-4-6-24-23(15-19)21(17-26-24)3-1-2-9-27-10-12-28(13-11-27)22-5-7-25-20(16-22)8-14-30-25/h4-8,14-17,26,29H,1-3,9-13,18H2. The fraction of sp³-hybridized carbons (Fsp3) is 0.360. The molecule has 0 radical (unpaired) electrons. The number of hydrogen-bond donors (Lipinski definition) is 2. The number of nitrogens with one attached hydrogen (secondary N) is 1. The van der Waals surface area contributed by atoms with Gasteiger partial charge in [0.25, 0.3) is 0 Å². The lowest BCUT2D eigenvalue weighted by Gasteiger charge is -2.36. The van der Waals surface area contributed by atoms with E-state index in [0.29, 0.717) is 0 Å². The van der Waals surface area contributed by atoms with Crippen molar-refractivity contribution < 1.29 is 9.52 Å². The van der Waals surface area contributed by atoms with Crippen LogP contribution in [0.15, 0.2) is 59.3 Å². The Hall–Kier alpha value is -2.76. The minimum atomic E-state index is 0.0997. The van der Waals surface area contributed by atoms with Gasteiger partial charge in [0.2, 0.25) is 0 Å². The van der Waals surface area contributed by atoms with Gasteiger partial charge in [-0.3, -0.25) is 4.90 Å². The molecule has 0 unspecified atom stereocenters. The van der Waals surface area contributed by atoms with E-state index >= 15 is 0 Å². The van der Waals surface area contributed by atoms with Gasteiger partial charge in [-0.1, -0.05) is 6.07 Å². The molecule has 0 spiro atoms. The molecule has 5 nitrogen and oxygen atoms in total. The van der Waals surface area contributed by atoms with E-state index in [1.807, 2.05) is 12.1 Å². The smallest absolute Gasteiger partial charge is 0.133 e. The summed E-state index contributed by atoms with van der Waals surface area (Å²) in [5.74, 6) is 0. The van der Waals surface area contributed by atoms with Gasteiger partial charge >= 0.3 is 0 Å². The highest BCUT2D eigenvalue weighted by Gasteiger charge is 2.17. The zero-order valence-corrected chi connectivity index (χ0v) is 17.3. The molecule has 2 N–H and O–H groups in total. The topological polar surface area (TPSA) is 55.6 Å². The Morgan fingerprint density at radius 2 is 1.87 bits per heavy atom. The van der Waals surface area contributed by atoms with Crippen LogP contribution in [0.25, 0.3) is 21.9 Å². The quantitative estimate of drug-likeness (QED) is 0.445. The number of piperazine rings is 1. The van der Waals surface area contributed by atoms with Crippen LogP contribution in [0.5, 0.6) is 0 Å². The minimum absolute atomic E-state index is 0.0997.